The van der Waals surface area contributed by atoms with E-state index >= 15 is 0 Å². The minimum atomic E-state index is -2.09. The minimum Gasteiger partial charge on any atom is -0.394 e. The summed E-state index contributed by atoms with van der Waals surface area (Å²) >= 11 is 0. The third-order valence-corrected chi connectivity index (χ3v) is 22.1. The number of fused-ring (bicyclic) bond motifs is 7. The number of hydrogen-bond donors (Lipinski definition) is 15. The van der Waals surface area contributed by atoms with Gasteiger partial charge < -0.3 is 133 Å². The molecule has 7 heterocycles. The number of aliphatic hydroxyl groups excluding tert-OH is 15. The Bertz CT molecular complexity index is 2140. The van der Waals surface area contributed by atoms with Crippen molar-refractivity contribution in [3.63, 3.8) is 0 Å². The molecule has 7 saturated heterocycles. The lowest BCUT2D eigenvalue weighted by atomic mass is 9.44. The second kappa shape index (κ2) is 25.0. The number of aliphatic hydroxyl groups is 15. The van der Waals surface area contributed by atoms with Crippen LogP contribution in [0.5, 0.6) is 0 Å². The van der Waals surface area contributed by atoms with Crippen LogP contribution in [-0.2, 0) is 56.8 Å². The molecule has 0 aromatic heterocycles. The molecule has 1 spiro atoms. The van der Waals surface area contributed by atoms with E-state index in [-0.39, 0.29) is 23.0 Å². The maximum atomic E-state index is 12.0. The van der Waals surface area contributed by atoms with Gasteiger partial charge in [0, 0.05) is 12.3 Å². The fraction of sp³-hybridized carbons (Fsp3) is 1.00. The van der Waals surface area contributed by atoms with Gasteiger partial charge in [-0.1, -0.05) is 27.7 Å². The molecule has 4 aliphatic carbocycles. The van der Waals surface area contributed by atoms with E-state index in [2.05, 4.69) is 27.7 Å². The van der Waals surface area contributed by atoms with Gasteiger partial charge in [0.15, 0.2) is 37.2 Å². The molecule has 0 aromatic carbocycles. The van der Waals surface area contributed by atoms with E-state index < -0.39 is 186 Å². The molecule has 83 heavy (non-hydrogen) atoms. The fourth-order valence-corrected chi connectivity index (χ4v) is 17.3. The molecule has 0 amide bonds. The highest BCUT2D eigenvalue weighted by Gasteiger charge is 2.70. The van der Waals surface area contributed by atoms with Crippen LogP contribution in [0.3, 0.4) is 0 Å². The second-order valence-electron chi connectivity index (χ2n) is 26.7. The molecule has 0 bridgehead atoms. The molecule has 11 rings (SSSR count). The summed E-state index contributed by atoms with van der Waals surface area (Å²) in [5, 5.41) is 164. The van der Waals surface area contributed by atoms with Crippen LogP contribution in [0.25, 0.3) is 0 Å². The predicted octanol–water partition coefficient (Wildman–Crippen LogP) is -4.45. The molecule has 36 atom stereocenters. The molecule has 15 N–H and O–H groups in total. The fourth-order valence-electron chi connectivity index (χ4n) is 17.3. The summed E-state index contributed by atoms with van der Waals surface area (Å²) in [6.45, 7) is 6.09. The van der Waals surface area contributed by atoms with Crippen LogP contribution in [0.4, 0.5) is 0 Å². The predicted molar refractivity (Wildman–Crippen MR) is 275 cm³/mol. The summed E-state index contributed by atoms with van der Waals surface area (Å²) in [4.78, 5) is 0. The standard InChI is InChI=1S/C56H92O27/c1-21-7-12-56(73-19-21)22(2)34-29(83-56)14-27-25-6-5-23-13-24(8-10-54(23,3)26(25)9-11-55(27,34)4)74-50-44(71)41(68)45(33(18-60)78-50)79-53-48(46(38(65)32(17-59)77-53)80-51-43(70)39(66)36(63)30(15-57)75-51)82-52-47(40(67)37(64)31(16-58)76-52)81-49-42(69)35(62)28(61)20-72-49/h21-53,57-71H,5-20H2,1-4H3/t21-,22+,23-,24+,25-,26+,27+,28-,29+,30-,31-,32-,33-,34+,35+,36-,37+,38-,39+,40+,41-,42-,43-,44-,45+,46+,47-,48-,49+,50-,51+,52+,53+,54+,55+,56-/m1/s1. The summed E-state index contributed by atoms with van der Waals surface area (Å²) in [5.74, 6) is 2.80. The highest BCUT2D eigenvalue weighted by Crippen LogP contribution is 2.71. The van der Waals surface area contributed by atoms with Gasteiger partial charge in [-0.3, -0.25) is 0 Å². The second-order valence-corrected chi connectivity index (χ2v) is 26.7. The van der Waals surface area contributed by atoms with Crippen LogP contribution in [0.15, 0.2) is 0 Å². The Morgan fingerprint density at radius 2 is 1.00 bits per heavy atom. The smallest absolute Gasteiger partial charge is 0.187 e. The van der Waals surface area contributed by atoms with Crippen LogP contribution in [-0.4, -0.2) is 282 Å². The molecule has 27 heteroatoms. The van der Waals surface area contributed by atoms with Crippen molar-refractivity contribution in [1.82, 2.24) is 0 Å². The zero-order chi connectivity index (χ0) is 59.4. The van der Waals surface area contributed by atoms with E-state index in [0.717, 1.165) is 58.0 Å². The summed E-state index contributed by atoms with van der Waals surface area (Å²) in [6.07, 6.45) is -35.0. The molecule has 11 fully saturated rings. The molecular formula is C56H92O27. The van der Waals surface area contributed by atoms with E-state index in [4.69, 9.17) is 56.8 Å². The normalized spacial score (nSPS) is 57.4. The van der Waals surface area contributed by atoms with Crippen LogP contribution < -0.4 is 0 Å². The van der Waals surface area contributed by atoms with Crippen LogP contribution >= 0.6 is 0 Å². The number of hydrogen-bond acceptors (Lipinski definition) is 27. The van der Waals surface area contributed by atoms with Gasteiger partial charge in [0.2, 0.25) is 0 Å². The summed E-state index contributed by atoms with van der Waals surface area (Å²) < 4.78 is 73.9. The summed E-state index contributed by atoms with van der Waals surface area (Å²) in [5.41, 5.74) is 0.211. The Labute approximate surface area is 481 Å². The molecule has 0 aromatic rings. The van der Waals surface area contributed by atoms with E-state index in [1.807, 2.05) is 0 Å². The first-order valence-corrected chi connectivity index (χ1v) is 30.3. The van der Waals surface area contributed by atoms with Crippen molar-refractivity contribution in [3.05, 3.63) is 0 Å². The van der Waals surface area contributed by atoms with Crippen molar-refractivity contribution in [3.8, 4) is 0 Å². The minimum absolute atomic E-state index is 0.0436. The first kappa shape index (κ1) is 63.5. The van der Waals surface area contributed by atoms with Gasteiger partial charge >= 0.3 is 0 Å². The Morgan fingerprint density at radius 1 is 0.446 bits per heavy atom. The number of rotatable bonds is 14. The van der Waals surface area contributed by atoms with Crippen molar-refractivity contribution in [1.29, 1.82) is 0 Å². The van der Waals surface area contributed by atoms with Gasteiger partial charge in [-0.05, 0) is 104 Å². The maximum Gasteiger partial charge on any atom is 0.187 e. The molecule has 0 radical (unpaired) electrons. The molecule has 11 aliphatic rings. The van der Waals surface area contributed by atoms with Crippen molar-refractivity contribution in [2.75, 3.05) is 39.6 Å². The first-order valence-electron chi connectivity index (χ1n) is 30.3. The van der Waals surface area contributed by atoms with Gasteiger partial charge in [-0.25, -0.2) is 0 Å². The molecule has 0 unspecified atom stereocenters. The molecule has 7 aliphatic heterocycles. The van der Waals surface area contributed by atoms with Gasteiger partial charge in [0.1, 0.15) is 116 Å². The van der Waals surface area contributed by atoms with Crippen molar-refractivity contribution < 1.29 is 133 Å². The van der Waals surface area contributed by atoms with Crippen molar-refractivity contribution in [2.24, 2.45) is 52.3 Å². The summed E-state index contributed by atoms with van der Waals surface area (Å²) in [7, 11) is 0. The Balaban J connectivity index is 0.799. The van der Waals surface area contributed by atoms with E-state index in [1.165, 1.54) is 0 Å². The average Bonchev–Trinajstić information content (AvgIpc) is 1.80. The lowest BCUT2D eigenvalue weighted by Gasteiger charge is -2.61. The van der Waals surface area contributed by atoms with E-state index in [9.17, 15) is 76.6 Å². The third-order valence-electron chi connectivity index (χ3n) is 22.1. The van der Waals surface area contributed by atoms with Crippen molar-refractivity contribution >= 4 is 0 Å². The van der Waals surface area contributed by atoms with Crippen LogP contribution in [0.2, 0.25) is 0 Å². The Kier molecular flexibility index (Phi) is 19.1. The SMILES string of the molecule is C[C@@H]1CC[C@@]2(OC1)O[C@H]1C[C@H]3[C@@H]4CC[C@@H]5C[C@@H](O[C@@H]6O[C@H](CO)[C@H](O[C@@H]7O[C@H](CO)[C@@H](O)[C@H](O[C@@H]8O[C@H](CO)[C@@H](O)[C@H](O)[C@H]8O)[C@H]7O[C@@H]7O[C@H](CO)[C@H](O)[C@H](O)[C@H]7O[C@@H]7OC[C@@H](O)[C@H](O)[C@H]7O)[C@H](O)[C@H]6O)CC[C@]5(C)[C@H]4CC[C@]3(C)[C@H]1[C@@H]2C. The summed E-state index contributed by atoms with van der Waals surface area (Å²) in [6, 6.07) is 0. The first-order chi connectivity index (χ1) is 39.5. The molecule has 478 valence electrons. The van der Waals surface area contributed by atoms with E-state index in [0.29, 0.717) is 54.3 Å². The lowest BCUT2D eigenvalue weighted by molar-refractivity contribution is -0.414. The highest BCUT2D eigenvalue weighted by molar-refractivity contribution is 5.16. The van der Waals surface area contributed by atoms with Crippen LogP contribution in [0, 0.1) is 52.3 Å². The van der Waals surface area contributed by atoms with Gasteiger partial charge in [-0.2, -0.15) is 0 Å². The number of ether oxygens (including phenoxy) is 12. The third kappa shape index (κ3) is 11.2. The highest BCUT2D eigenvalue weighted by atomic mass is 16.8. The molecule has 27 nitrogen and oxygen atoms in total. The van der Waals surface area contributed by atoms with Crippen molar-refractivity contribution in [2.45, 2.75) is 257 Å². The largest absolute Gasteiger partial charge is 0.394 e. The van der Waals surface area contributed by atoms with Crippen LogP contribution in [0.1, 0.15) is 91.9 Å². The van der Waals surface area contributed by atoms with E-state index in [1.54, 1.807) is 0 Å². The zero-order valence-electron chi connectivity index (χ0n) is 47.5. The monoisotopic (exact) mass is 1200 g/mol. The lowest BCUT2D eigenvalue weighted by Crippen LogP contribution is -2.69. The topological polar surface area (TPSA) is 414 Å². The maximum absolute atomic E-state index is 12.0. The quantitative estimate of drug-likeness (QED) is 0.0730. The Morgan fingerprint density at radius 3 is 1.67 bits per heavy atom. The van der Waals surface area contributed by atoms with Gasteiger partial charge in [0.05, 0.1) is 51.8 Å². The Hall–Kier alpha value is -1.08. The van der Waals surface area contributed by atoms with Gasteiger partial charge in [-0.15, -0.1) is 0 Å². The van der Waals surface area contributed by atoms with Gasteiger partial charge in [0.25, 0.3) is 0 Å². The molecular weight excluding hydrogens is 1100 g/mol. The molecule has 4 saturated carbocycles. The zero-order valence-corrected chi connectivity index (χ0v) is 47.5. The average molecular weight is 1200 g/mol.